The van der Waals surface area contributed by atoms with Crippen molar-refractivity contribution in [1.82, 2.24) is 19.9 Å². The van der Waals surface area contributed by atoms with Gasteiger partial charge in [0.1, 0.15) is 6.07 Å². The van der Waals surface area contributed by atoms with Crippen molar-refractivity contribution in [2.45, 2.75) is 12.5 Å². The molecule has 1 atom stereocenters. The van der Waals surface area contributed by atoms with Crippen LogP contribution in [0.2, 0.25) is 0 Å². The Balaban J connectivity index is 1.44. The Labute approximate surface area is 232 Å². The summed E-state index contributed by atoms with van der Waals surface area (Å²) in [4.78, 5) is 21.0. The normalized spacial score (nSPS) is 16.9. The van der Waals surface area contributed by atoms with E-state index < -0.39 is 0 Å². The topological polar surface area (TPSA) is 113 Å². The number of thioether (sulfide) groups is 1. The number of aliphatic imine (C=N–C) groups is 1. The van der Waals surface area contributed by atoms with E-state index >= 15 is 0 Å². The molecule has 1 unspecified atom stereocenters. The van der Waals surface area contributed by atoms with Gasteiger partial charge < -0.3 is 10.6 Å². The van der Waals surface area contributed by atoms with Crippen molar-refractivity contribution in [1.29, 1.82) is 5.26 Å². The van der Waals surface area contributed by atoms with Gasteiger partial charge in [-0.05, 0) is 29.3 Å². The molecule has 0 spiro atoms. The molecule has 8 nitrogen and oxygen atoms in total. The van der Waals surface area contributed by atoms with Crippen LogP contribution in [0.1, 0.15) is 34.1 Å². The number of thiophene rings is 1. The van der Waals surface area contributed by atoms with Crippen LogP contribution in [-0.4, -0.2) is 43.3 Å². The predicted octanol–water partition coefficient (Wildman–Crippen LogP) is 5.70. The van der Waals surface area contributed by atoms with Crippen molar-refractivity contribution in [3.8, 4) is 6.07 Å². The lowest BCUT2D eigenvalue weighted by atomic mass is 9.89. The SMILES string of the molecule is N#Cc1nnn(C(=O)CC2=C(c3ccc4sc5ccccc5c4c3)N=C3SCCN3C2c2ccccc2)c1N. The molecule has 2 aliphatic rings. The summed E-state index contributed by atoms with van der Waals surface area (Å²) in [6.45, 7) is 0.826. The highest BCUT2D eigenvalue weighted by atomic mass is 32.2. The highest BCUT2D eigenvalue weighted by Crippen LogP contribution is 2.45. The van der Waals surface area contributed by atoms with Crippen LogP contribution < -0.4 is 5.73 Å². The summed E-state index contributed by atoms with van der Waals surface area (Å²) in [5.74, 6) is 0.512. The monoisotopic (exact) mass is 547 g/mol. The molecule has 2 aliphatic heterocycles. The number of rotatable bonds is 4. The Kier molecular flexibility index (Phi) is 5.68. The second kappa shape index (κ2) is 9.38. The summed E-state index contributed by atoms with van der Waals surface area (Å²) in [7, 11) is 0. The molecule has 7 rings (SSSR count). The zero-order chi connectivity index (χ0) is 26.5. The maximum atomic E-state index is 13.6. The number of amidine groups is 1. The van der Waals surface area contributed by atoms with Gasteiger partial charge in [-0.2, -0.15) is 9.94 Å². The third-order valence-electron chi connectivity index (χ3n) is 7.12. The van der Waals surface area contributed by atoms with Crippen molar-refractivity contribution >= 4 is 65.9 Å². The maximum Gasteiger partial charge on any atom is 0.254 e. The van der Waals surface area contributed by atoms with Gasteiger partial charge in [-0.3, -0.25) is 4.79 Å². The fraction of sp³-hybridized carbons (Fsp3) is 0.138. The van der Waals surface area contributed by atoms with Crippen molar-refractivity contribution in [2.24, 2.45) is 4.99 Å². The lowest BCUT2D eigenvalue weighted by molar-refractivity contribution is 0.0894. The van der Waals surface area contributed by atoms with Crippen molar-refractivity contribution in [3.63, 3.8) is 0 Å². The lowest BCUT2D eigenvalue weighted by Crippen LogP contribution is -2.35. The van der Waals surface area contributed by atoms with Gasteiger partial charge in [0.15, 0.2) is 11.0 Å². The zero-order valence-electron chi connectivity index (χ0n) is 20.6. The molecule has 2 N–H and O–H groups in total. The number of nitriles is 1. The molecule has 0 radical (unpaired) electrons. The first-order chi connectivity index (χ1) is 19.1. The molecule has 0 saturated carbocycles. The average molecular weight is 548 g/mol. The van der Waals surface area contributed by atoms with Gasteiger partial charge in [0, 0.05) is 38.0 Å². The van der Waals surface area contributed by atoms with E-state index in [1.54, 1.807) is 23.1 Å². The smallest absolute Gasteiger partial charge is 0.254 e. The third-order valence-corrected chi connectivity index (χ3v) is 9.24. The Morgan fingerprint density at radius 1 is 1.05 bits per heavy atom. The number of nitrogen functional groups attached to an aromatic ring is 1. The molecule has 0 amide bonds. The summed E-state index contributed by atoms with van der Waals surface area (Å²) in [6.07, 6.45) is 0.0215. The zero-order valence-corrected chi connectivity index (χ0v) is 22.2. The lowest BCUT2D eigenvalue weighted by Gasteiger charge is -2.36. The van der Waals surface area contributed by atoms with Gasteiger partial charge in [-0.25, -0.2) is 4.99 Å². The van der Waals surface area contributed by atoms with Crippen LogP contribution in [0.4, 0.5) is 5.82 Å². The van der Waals surface area contributed by atoms with Crippen LogP contribution in [0.25, 0.3) is 25.9 Å². The number of hydrogen-bond acceptors (Lipinski definition) is 9. The number of carbonyl (C=O) groups excluding carboxylic acids is 1. The maximum absolute atomic E-state index is 13.6. The van der Waals surface area contributed by atoms with E-state index in [9.17, 15) is 10.1 Å². The molecule has 4 heterocycles. The van der Waals surface area contributed by atoms with Crippen LogP contribution in [0.5, 0.6) is 0 Å². The number of fused-ring (bicyclic) bond motifs is 4. The molecule has 190 valence electrons. The first kappa shape index (κ1) is 23.6. The Morgan fingerprint density at radius 3 is 2.67 bits per heavy atom. The number of benzene rings is 3. The van der Waals surface area contributed by atoms with E-state index in [0.29, 0.717) is 0 Å². The predicted molar refractivity (Wildman–Crippen MR) is 156 cm³/mol. The van der Waals surface area contributed by atoms with Crippen molar-refractivity contribution < 1.29 is 4.79 Å². The molecular formula is C29H21N7OS2. The van der Waals surface area contributed by atoms with Crippen molar-refractivity contribution in [3.05, 3.63) is 95.2 Å². The number of nitrogens with zero attached hydrogens (tertiary/aromatic N) is 6. The number of anilines is 1. The first-order valence-electron chi connectivity index (χ1n) is 12.4. The largest absolute Gasteiger partial charge is 0.381 e. The minimum absolute atomic E-state index is 0.0215. The molecule has 3 aromatic carbocycles. The molecule has 2 aromatic heterocycles. The number of nitrogens with two attached hydrogens (primary N) is 1. The van der Waals surface area contributed by atoms with Crippen LogP contribution in [0, 0.1) is 11.3 Å². The minimum atomic E-state index is -0.359. The Morgan fingerprint density at radius 2 is 1.85 bits per heavy atom. The van der Waals surface area contributed by atoms with Gasteiger partial charge in [0.05, 0.1) is 18.2 Å². The fourth-order valence-corrected chi connectivity index (χ4v) is 7.42. The van der Waals surface area contributed by atoms with E-state index in [1.165, 1.54) is 20.2 Å². The van der Waals surface area contributed by atoms with Gasteiger partial charge in [0.25, 0.3) is 5.91 Å². The second-order valence-corrected chi connectivity index (χ2v) is 11.5. The number of aromatic nitrogens is 3. The van der Waals surface area contributed by atoms with Crippen LogP contribution in [0.15, 0.2) is 83.4 Å². The average Bonchev–Trinajstić information content (AvgIpc) is 3.69. The third kappa shape index (κ3) is 3.90. The molecule has 1 saturated heterocycles. The second-order valence-electron chi connectivity index (χ2n) is 9.35. The summed E-state index contributed by atoms with van der Waals surface area (Å²) in [5, 5.41) is 20.2. The summed E-state index contributed by atoms with van der Waals surface area (Å²) in [5.41, 5.74) is 9.67. The van der Waals surface area contributed by atoms with Gasteiger partial charge >= 0.3 is 0 Å². The Bertz CT molecular complexity index is 1880. The molecular weight excluding hydrogens is 527 g/mol. The van der Waals surface area contributed by atoms with Crippen LogP contribution >= 0.6 is 23.1 Å². The summed E-state index contributed by atoms with van der Waals surface area (Å²) in [6, 6.07) is 26.7. The van der Waals surface area contributed by atoms with Gasteiger partial charge in [-0.1, -0.05) is 71.6 Å². The van der Waals surface area contributed by atoms with Crippen LogP contribution in [-0.2, 0) is 0 Å². The minimum Gasteiger partial charge on any atom is -0.381 e. The summed E-state index contributed by atoms with van der Waals surface area (Å²) >= 11 is 3.50. The molecule has 1 fully saturated rings. The van der Waals surface area contributed by atoms with E-state index in [-0.39, 0.29) is 29.9 Å². The number of carbonyl (C=O) groups is 1. The van der Waals surface area contributed by atoms with Gasteiger partial charge in [-0.15, -0.1) is 16.4 Å². The highest BCUT2D eigenvalue weighted by Gasteiger charge is 2.38. The molecule has 0 bridgehead atoms. The number of hydrogen-bond donors (Lipinski definition) is 1. The van der Waals surface area contributed by atoms with E-state index in [0.717, 1.165) is 44.5 Å². The van der Waals surface area contributed by atoms with E-state index in [4.69, 9.17) is 10.7 Å². The standard InChI is InChI=1S/C29H21N7OS2/c30-16-22-28(31)36(34-33-22)25(37)15-21-26(18-10-11-24-20(14-18)19-8-4-5-9-23(19)39-24)32-29-35(12-13-38-29)27(21)17-6-2-1-3-7-17/h1-11,14,27H,12-13,15,31H2. The quantitative estimate of drug-likeness (QED) is 0.307. The van der Waals surface area contributed by atoms with Gasteiger partial charge in [0.2, 0.25) is 5.69 Å². The summed E-state index contributed by atoms with van der Waals surface area (Å²) < 4.78 is 3.47. The fourth-order valence-electron chi connectivity index (χ4n) is 5.35. The van der Waals surface area contributed by atoms with Crippen molar-refractivity contribution in [2.75, 3.05) is 18.0 Å². The van der Waals surface area contributed by atoms with E-state index in [2.05, 4.69) is 69.8 Å². The molecule has 5 aromatic rings. The van der Waals surface area contributed by atoms with Crippen LogP contribution in [0.3, 0.4) is 0 Å². The molecule has 0 aliphatic carbocycles. The highest BCUT2D eigenvalue weighted by molar-refractivity contribution is 8.14. The molecule has 10 heteroatoms. The van der Waals surface area contributed by atoms with E-state index in [1.807, 2.05) is 24.3 Å². The molecule has 39 heavy (non-hydrogen) atoms. The Hall–Kier alpha value is -4.46. The first-order valence-corrected chi connectivity index (χ1v) is 14.2.